The highest BCUT2D eigenvalue weighted by molar-refractivity contribution is 5.02. The summed E-state index contributed by atoms with van der Waals surface area (Å²) in [6.45, 7) is 6.68. The monoisotopic (exact) mass is 263 g/mol. The van der Waals surface area contributed by atoms with E-state index in [1.807, 2.05) is 18.2 Å². The van der Waals surface area contributed by atoms with Crippen molar-refractivity contribution >= 4 is 0 Å². The van der Waals surface area contributed by atoms with Gasteiger partial charge < -0.3 is 15.3 Å². The van der Waals surface area contributed by atoms with Gasteiger partial charge in [-0.2, -0.15) is 0 Å². The third-order valence-corrected chi connectivity index (χ3v) is 3.76. The lowest BCUT2D eigenvalue weighted by Crippen LogP contribution is -2.41. The lowest BCUT2D eigenvalue weighted by molar-refractivity contribution is 0.0906. The van der Waals surface area contributed by atoms with Gasteiger partial charge in [0.25, 0.3) is 0 Å². The van der Waals surface area contributed by atoms with E-state index >= 15 is 0 Å². The minimum Gasteiger partial charge on any atom is -0.390 e. The van der Waals surface area contributed by atoms with Gasteiger partial charge in [-0.05, 0) is 44.0 Å². The number of hydrogen-bond donors (Lipinski definition) is 2. The molecule has 1 aliphatic heterocycles. The molecule has 4 heteroatoms. The van der Waals surface area contributed by atoms with E-state index in [1.54, 1.807) is 6.20 Å². The quantitative estimate of drug-likeness (QED) is 0.811. The van der Waals surface area contributed by atoms with Crippen LogP contribution in [0.25, 0.3) is 0 Å². The van der Waals surface area contributed by atoms with Crippen LogP contribution in [0.5, 0.6) is 0 Å². The number of likely N-dealkylation sites (tertiary alicyclic amines) is 1. The summed E-state index contributed by atoms with van der Waals surface area (Å²) in [5, 5.41) is 13.3. The first-order valence-corrected chi connectivity index (χ1v) is 7.25. The first-order valence-electron chi connectivity index (χ1n) is 7.25. The van der Waals surface area contributed by atoms with Crippen molar-refractivity contribution in [3.8, 4) is 0 Å². The van der Waals surface area contributed by atoms with Gasteiger partial charge in [-0.25, -0.2) is 0 Å². The van der Waals surface area contributed by atoms with Gasteiger partial charge in [0.2, 0.25) is 0 Å². The summed E-state index contributed by atoms with van der Waals surface area (Å²) in [6, 6.07) is 5.89. The molecule has 0 bridgehead atoms. The van der Waals surface area contributed by atoms with E-state index in [2.05, 4.69) is 22.1 Å². The topological polar surface area (TPSA) is 48.4 Å². The largest absolute Gasteiger partial charge is 0.390 e. The van der Waals surface area contributed by atoms with Crippen LogP contribution in [0.4, 0.5) is 0 Å². The zero-order valence-corrected chi connectivity index (χ0v) is 11.8. The summed E-state index contributed by atoms with van der Waals surface area (Å²) in [5.74, 6) is 0.843. The van der Waals surface area contributed by atoms with Crippen LogP contribution in [-0.4, -0.2) is 47.3 Å². The van der Waals surface area contributed by atoms with Crippen molar-refractivity contribution in [2.75, 3.05) is 26.2 Å². The summed E-state index contributed by atoms with van der Waals surface area (Å²) in [7, 11) is 0. The first kappa shape index (κ1) is 14.4. The summed E-state index contributed by atoms with van der Waals surface area (Å²) in [6.07, 6.45) is 4.02. The molecule has 0 saturated carbocycles. The van der Waals surface area contributed by atoms with Crippen molar-refractivity contribution in [1.82, 2.24) is 15.2 Å². The molecule has 1 aliphatic rings. The molecule has 0 aromatic carbocycles. The third kappa shape index (κ3) is 5.27. The van der Waals surface area contributed by atoms with Gasteiger partial charge in [0.1, 0.15) is 0 Å². The number of β-amino-alcohol motifs (C(OH)–C–C–N with tert-alkyl or cyclic N) is 1. The molecular formula is C15H25N3O. The zero-order valence-electron chi connectivity index (χ0n) is 11.8. The van der Waals surface area contributed by atoms with E-state index in [0.29, 0.717) is 6.54 Å². The average molecular weight is 263 g/mol. The number of aromatic nitrogens is 1. The fraction of sp³-hybridized carbons (Fsp3) is 0.667. The van der Waals surface area contributed by atoms with Gasteiger partial charge in [-0.3, -0.25) is 4.98 Å². The molecule has 19 heavy (non-hydrogen) atoms. The van der Waals surface area contributed by atoms with Crippen LogP contribution in [0.1, 0.15) is 25.5 Å². The number of pyridine rings is 1. The second kappa shape index (κ2) is 7.58. The summed E-state index contributed by atoms with van der Waals surface area (Å²) < 4.78 is 0. The molecule has 2 heterocycles. The van der Waals surface area contributed by atoms with Gasteiger partial charge in [0.05, 0.1) is 11.8 Å². The Hall–Kier alpha value is -0.970. The molecule has 2 rings (SSSR count). The fourth-order valence-electron chi connectivity index (χ4n) is 2.48. The summed E-state index contributed by atoms with van der Waals surface area (Å²) in [4.78, 5) is 6.61. The van der Waals surface area contributed by atoms with Crippen LogP contribution < -0.4 is 5.32 Å². The van der Waals surface area contributed by atoms with Crippen molar-refractivity contribution in [2.45, 2.75) is 32.4 Å². The molecule has 106 valence electrons. The molecule has 0 radical (unpaired) electrons. The Morgan fingerprint density at radius 2 is 2.21 bits per heavy atom. The van der Waals surface area contributed by atoms with E-state index < -0.39 is 0 Å². The lowest BCUT2D eigenvalue weighted by atomic mass is 9.99. The standard InChI is InChI=1S/C15H25N3O/c1-13-5-8-18(9-6-13)12-15(19)11-16-10-14-4-2-3-7-17-14/h2-4,7,13,15-16,19H,5-6,8-12H2,1H3. The summed E-state index contributed by atoms with van der Waals surface area (Å²) in [5.41, 5.74) is 1.02. The summed E-state index contributed by atoms with van der Waals surface area (Å²) >= 11 is 0. The van der Waals surface area contributed by atoms with Crippen molar-refractivity contribution in [2.24, 2.45) is 5.92 Å². The molecule has 4 nitrogen and oxygen atoms in total. The van der Waals surface area contributed by atoms with Crippen LogP contribution in [0.3, 0.4) is 0 Å². The number of hydrogen-bond acceptors (Lipinski definition) is 4. The highest BCUT2D eigenvalue weighted by atomic mass is 16.3. The Morgan fingerprint density at radius 1 is 1.42 bits per heavy atom. The highest BCUT2D eigenvalue weighted by Gasteiger charge is 2.17. The highest BCUT2D eigenvalue weighted by Crippen LogP contribution is 2.15. The van der Waals surface area contributed by atoms with Crippen molar-refractivity contribution in [3.05, 3.63) is 30.1 Å². The van der Waals surface area contributed by atoms with Crippen molar-refractivity contribution in [3.63, 3.8) is 0 Å². The lowest BCUT2D eigenvalue weighted by Gasteiger charge is -2.31. The Morgan fingerprint density at radius 3 is 2.89 bits per heavy atom. The van der Waals surface area contributed by atoms with Crippen LogP contribution in [0.15, 0.2) is 24.4 Å². The first-order chi connectivity index (χ1) is 9.24. The van der Waals surface area contributed by atoms with Gasteiger partial charge in [0, 0.05) is 25.8 Å². The van der Waals surface area contributed by atoms with E-state index in [4.69, 9.17) is 0 Å². The van der Waals surface area contributed by atoms with Crippen molar-refractivity contribution < 1.29 is 5.11 Å². The minimum atomic E-state index is -0.294. The Bertz CT molecular complexity index is 350. The molecule has 0 spiro atoms. The van der Waals surface area contributed by atoms with Crippen LogP contribution in [0, 0.1) is 5.92 Å². The molecule has 1 aromatic heterocycles. The van der Waals surface area contributed by atoms with Gasteiger partial charge in [-0.1, -0.05) is 13.0 Å². The predicted molar refractivity (Wildman–Crippen MR) is 76.8 cm³/mol. The number of aliphatic hydroxyl groups excluding tert-OH is 1. The normalized spacial score (nSPS) is 19.5. The molecular weight excluding hydrogens is 238 g/mol. The third-order valence-electron chi connectivity index (χ3n) is 3.76. The minimum absolute atomic E-state index is 0.294. The Kier molecular flexibility index (Phi) is 5.76. The van der Waals surface area contributed by atoms with Gasteiger partial charge in [-0.15, -0.1) is 0 Å². The van der Waals surface area contributed by atoms with Crippen LogP contribution in [-0.2, 0) is 6.54 Å². The van der Waals surface area contributed by atoms with Crippen LogP contribution >= 0.6 is 0 Å². The van der Waals surface area contributed by atoms with Gasteiger partial charge in [0.15, 0.2) is 0 Å². The molecule has 1 unspecified atom stereocenters. The molecule has 1 atom stereocenters. The molecule has 1 aromatic rings. The van der Waals surface area contributed by atoms with E-state index in [9.17, 15) is 5.11 Å². The number of aliphatic hydroxyl groups is 1. The molecule has 1 fully saturated rings. The number of nitrogens with one attached hydrogen (secondary N) is 1. The maximum absolute atomic E-state index is 10.0. The number of rotatable bonds is 6. The molecule has 0 amide bonds. The molecule has 1 saturated heterocycles. The number of piperidine rings is 1. The smallest absolute Gasteiger partial charge is 0.0791 e. The average Bonchev–Trinajstić information content (AvgIpc) is 2.43. The van der Waals surface area contributed by atoms with Crippen LogP contribution in [0.2, 0.25) is 0 Å². The fourth-order valence-corrected chi connectivity index (χ4v) is 2.48. The maximum Gasteiger partial charge on any atom is 0.0791 e. The van der Waals surface area contributed by atoms with E-state index in [-0.39, 0.29) is 6.10 Å². The Labute approximate surface area is 115 Å². The second-order valence-corrected chi connectivity index (χ2v) is 5.59. The van der Waals surface area contributed by atoms with Gasteiger partial charge >= 0.3 is 0 Å². The predicted octanol–water partition coefficient (Wildman–Crippen LogP) is 1.26. The molecule has 0 aliphatic carbocycles. The number of nitrogens with zero attached hydrogens (tertiary/aromatic N) is 2. The Balaban J connectivity index is 1.61. The van der Waals surface area contributed by atoms with Crippen molar-refractivity contribution in [1.29, 1.82) is 0 Å². The maximum atomic E-state index is 10.0. The van der Waals surface area contributed by atoms with E-state index in [0.717, 1.165) is 37.8 Å². The second-order valence-electron chi connectivity index (χ2n) is 5.59. The van der Waals surface area contributed by atoms with E-state index in [1.165, 1.54) is 12.8 Å². The molecule has 2 N–H and O–H groups in total. The zero-order chi connectivity index (χ0) is 13.5. The SMILES string of the molecule is CC1CCN(CC(O)CNCc2ccccn2)CC1.